The lowest BCUT2D eigenvalue weighted by Gasteiger charge is -2.27. The molecule has 0 saturated carbocycles. The summed E-state index contributed by atoms with van der Waals surface area (Å²) >= 11 is 3.07. The van der Waals surface area contributed by atoms with Gasteiger partial charge in [-0.3, -0.25) is 4.90 Å². The second kappa shape index (κ2) is 4.18. The van der Waals surface area contributed by atoms with Gasteiger partial charge in [0.25, 0.3) is 0 Å². The zero-order valence-electron chi connectivity index (χ0n) is 7.96. The van der Waals surface area contributed by atoms with Gasteiger partial charge < -0.3 is 5.32 Å². The Morgan fingerprint density at radius 3 is 2.93 bits per heavy atom. The van der Waals surface area contributed by atoms with Crippen molar-refractivity contribution in [3.05, 3.63) is 28.5 Å². The second-order valence-corrected chi connectivity index (χ2v) is 4.19. The van der Waals surface area contributed by atoms with Gasteiger partial charge in [0.2, 0.25) is 0 Å². The average Bonchev–Trinajstić information content (AvgIpc) is 2.23. The summed E-state index contributed by atoms with van der Waals surface area (Å²) in [4.78, 5) is 13.0. The SMILES string of the molecule is O=C1NCCCN1c1ccc(Br)c(F)c1. The molecule has 0 unspecified atom stereocenters. The van der Waals surface area contributed by atoms with E-state index in [1.54, 1.807) is 17.0 Å². The fraction of sp³-hybridized carbons (Fsp3) is 0.300. The van der Waals surface area contributed by atoms with Crippen molar-refractivity contribution in [2.24, 2.45) is 0 Å². The van der Waals surface area contributed by atoms with E-state index in [9.17, 15) is 9.18 Å². The predicted molar refractivity (Wildman–Crippen MR) is 59.5 cm³/mol. The Kier molecular flexibility index (Phi) is 2.90. The van der Waals surface area contributed by atoms with Crippen molar-refractivity contribution in [3.8, 4) is 0 Å². The van der Waals surface area contributed by atoms with Gasteiger partial charge in [-0.15, -0.1) is 0 Å². The Hall–Kier alpha value is -1.10. The minimum Gasteiger partial charge on any atom is -0.338 e. The highest BCUT2D eigenvalue weighted by molar-refractivity contribution is 9.10. The van der Waals surface area contributed by atoms with Gasteiger partial charge in [-0.2, -0.15) is 0 Å². The minimum atomic E-state index is -0.356. The van der Waals surface area contributed by atoms with Crippen LogP contribution in [0.2, 0.25) is 0 Å². The first-order chi connectivity index (χ1) is 7.18. The van der Waals surface area contributed by atoms with Gasteiger partial charge in [0.15, 0.2) is 0 Å². The highest BCUT2D eigenvalue weighted by Crippen LogP contribution is 2.23. The molecule has 0 bridgehead atoms. The van der Waals surface area contributed by atoms with E-state index in [-0.39, 0.29) is 11.8 Å². The Balaban J connectivity index is 2.28. The summed E-state index contributed by atoms with van der Waals surface area (Å²) in [6.45, 7) is 1.32. The monoisotopic (exact) mass is 272 g/mol. The standard InChI is InChI=1S/C10H10BrFN2O/c11-8-3-2-7(6-9(8)12)14-5-1-4-13-10(14)15/h2-3,6H,1,4-5H2,(H,13,15). The van der Waals surface area contributed by atoms with Gasteiger partial charge in [-0.1, -0.05) is 0 Å². The molecule has 1 N–H and O–H groups in total. The van der Waals surface area contributed by atoms with Crippen LogP contribution in [0.5, 0.6) is 0 Å². The van der Waals surface area contributed by atoms with Gasteiger partial charge in [-0.05, 0) is 40.5 Å². The number of rotatable bonds is 1. The van der Waals surface area contributed by atoms with Crippen LogP contribution < -0.4 is 10.2 Å². The van der Waals surface area contributed by atoms with Crippen LogP contribution in [0.25, 0.3) is 0 Å². The molecule has 0 aromatic heterocycles. The lowest BCUT2D eigenvalue weighted by atomic mass is 10.2. The molecule has 80 valence electrons. The molecule has 1 saturated heterocycles. The van der Waals surface area contributed by atoms with Crippen LogP contribution in [-0.2, 0) is 0 Å². The number of carbonyl (C=O) groups excluding carboxylic acids is 1. The van der Waals surface area contributed by atoms with Crippen LogP contribution in [0.4, 0.5) is 14.9 Å². The van der Waals surface area contributed by atoms with E-state index in [2.05, 4.69) is 21.2 Å². The van der Waals surface area contributed by atoms with E-state index in [0.29, 0.717) is 23.2 Å². The van der Waals surface area contributed by atoms with E-state index in [0.717, 1.165) is 6.42 Å². The predicted octanol–water partition coefficient (Wildman–Crippen LogP) is 2.51. The largest absolute Gasteiger partial charge is 0.338 e. The number of hydrogen-bond donors (Lipinski definition) is 1. The molecule has 1 aliphatic heterocycles. The molecule has 1 aromatic carbocycles. The van der Waals surface area contributed by atoms with Crippen molar-refractivity contribution < 1.29 is 9.18 Å². The van der Waals surface area contributed by atoms with Crippen molar-refractivity contribution in [2.45, 2.75) is 6.42 Å². The smallest absolute Gasteiger partial charge is 0.321 e. The van der Waals surface area contributed by atoms with E-state index in [4.69, 9.17) is 0 Å². The molecule has 15 heavy (non-hydrogen) atoms. The van der Waals surface area contributed by atoms with Crippen LogP contribution in [0, 0.1) is 5.82 Å². The third kappa shape index (κ3) is 2.12. The van der Waals surface area contributed by atoms with Crippen LogP contribution in [-0.4, -0.2) is 19.1 Å². The van der Waals surface area contributed by atoms with Crippen molar-refractivity contribution in [2.75, 3.05) is 18.0 Å². The molecule has 1 aliphatic rings. The maximum Gasteiger partial charge on any atom is 0.321 e. The first-order valence-corrected chi connectivity index (χ1v) is 5.48. The first-order valence-electron chi connectivity index (χ1n) is 4.69. The maximum absolute atomic E-state index is 13.3. The summed E-state index contributed by atoms with van der Waals surface area (Å²) in [7, 11) is 0. The van der Waals surface area contributed by atoms with Crippen molar-refractivity contribution in [3.63, 3.8) is 0 Å². The molecular weight excluding hydrogens is 263 g/mol. The zero-order chi connectivity index (χ0) is 10.8. The quantitative estimate of drug-likeness (QED) is 0.837. The number of nitrogens with zero attached hydrogens (tertiary/aromatic N) is 1. The summed E-state index contributed by atoms with van der Waals surface area (Å²) in [5, 5.41) is 2.72. The van der Waals surface area contributed by atoms with Crippen molar-refractivity contribution in [1.29, 1.82) is 0 Å². The van der Waals surface area contributed by atoms with E-state index in [1.807, 2.05) is 0 Å². The molecule has 2 amide bonds. The van der Waals surface area contributed by atoms with Crippen LogP contribution in [0.3, 0.4) is 0 Å². The van der Waals surface area contributed by atoms with Crippen LogP contribution in [0.1, 0.15) is 6.42 Å². The lowest BCUT2D eigenvalue weighted by Crippen LogP contribution is -2.46. The molecule has 0 spiro atoms. The number of halogens is 2. The molecule has 0 atom stereocenters. The highest BCUT2D eigenvalue weighted by atomic mass is 79.9. The third-order valence-electron chi connectivity index (χ3n) is 2.29. The van der Waals surface area contributed by atoms with E-state index < -0.39 is 0 Å². The summed E-state index contributed by atoms with van der Waals surface area (Å²) < 4.78 is 13.7. The Morgan fingerprint density at radius 1 is 1.47 bits per heavy atom. The normalized spacial score (nSPS) is 16.4. The molecule has 1 heterocycles. The number of benzene rings is 1. The number of hydrogen-bond acceptors (Lipinski definition) is 1. The average molecular weight is 273 g/mol. The number of carbonyl (C=O) groups is 1. The lowest BCUT2D eigenvalue weighted by molar-refractivity contribution is 0.243. The topological polar surface area (TPSA) is 32.3 Å². The number of nitrogens with one attached hydrogen (secondary N) is 1. The van der Waals surface area contributed by atoms with Gasteiger partial charge >= 0.3 is 6.03 Å². The zero-order valence-corrected chi connectivity index (χ0v) is 9.55. The van der Waals surface area contributed by atoms with Crippen LogP contribution >= 0.6 is 15.9 Å². The second-order valence-electron chi connectivity index (χ2n) is 3.34. The summed E-state index contributed by atoms with van der Waals surface area (Å²) in [5.41, 5.74) is 0.591. The van der Waals surface area contributed by atoms with Gasteiger partial charge in [-0.25, -0.2) is 9.18 Å². The van der Waals surface area contributed by atoms with Gasteiger partial charge in [0.05, 0.1) is 4.47 Å². The van der Waals surface area contributed by atoms with Crippen molar-refractivity contribution >= 4 is 27.6 Å². The van der Waals surface area contributed by atoms with E-state index in [1.165, 1.54) is 6.07 Å². The highest BCUT2D eigenvalue weighted by Gasteiger charge is 2.19. The molecular formula is C10H10BrFN2O. The molecule has 0 aliphatic carbocycles. The molecule has 1 aromatic rings. The molecule has 2 rings (SSSR count). The molecule has 1 fully saturated rings. The first kappa shape index (κ1) is 10.4. The maximum atomic E-state index is 13.3. The minimum absolute atomic E-state index is 0.164. The summed E-state index contributed by atoms with van der Waals surface area (Å²) in [6, 6.07) is 4.52. The number of anilines is 1. The summed E-state index contributed by atoms with van der Waals surface area (Å²) in [5.74, 6) is -0.356. The number of urea groups is 1. The van der Waals surface area contributed by atoms with Gasteiger partial charge in [0, 0.05) is 18.8 Å². The molecule has 3 nitrogen and oxygen atoms in total. The van der Waals surface area contributed by atoms with Gasteiger partial charge in [0.1, 0.15) is 5.82 Å². The van der Waals surface area contributed by atoms with Crippen LogP contribution in [0.15, 0.2) is 22.7 Å². The third-order valence-corrected chi connectivity index (χ3v) is 2.94. The molecule has 5 heteroatoms. The fourth-order valence-electron chi connectivity index (χ4n) is 1.53. The van der Waals surface area contributed by atoms with E-state index >= 15 is 0 Å². The fourth-order valence-corrected chi connectivity index (χ4v) is 1.78. The Labute approximate surface area is 95.4 Å². The molecule has 0 radical (unpaired) electrons. The Morgan fingerprint density at radius 2 is 2.27 bits per heavy atom. The number of amides is 2. The Bertz CT molecular complexity index is 397. The summed E-state index contributed by atoms with van der Waals surface area (Å²) in [6.07, 6.45) is 0.878. The van der Waals surface area contributed by atoms with Crippen molar-refractivity contribution in [1.82, 2.24) is 5.32 Å².